The fourth-order valence-corrected chi connectivity index (χ4v) is 2.68. The molecule has 5 heteroatoms. The highest BCUT2D eigenvalue weighted by Gasteiger charge is 2.24. The van der Waals surface area contributed by atoms with Gasteiger partial charge in [-0.3, -0.25) is 0 Å². The second-order valence-corrected chi connectivity index (χ2v) is 5.84. The van der Waals surface area contributed by atoms with Crippen LogP contribution in [0.5, 0.6) is 11.5 Å². The van der Waals surface area contributed by atoms with E-state index in [1.165, 1.54) is 0 Å². The number of carbonyl (C=O) groups excluding carboxylic acids is 1. The standard InChI is InChI=1S/C19H22N2O3/c1-3-21(19(22)20-15-8-6-7-14(2)11-15)12-16-13-23-17-9-4-5-10-18(17)24-16/h4-11,16H,3,12-13H2,1-2H3,(H,20,22)/t16-/m1/s1. The number of amides is 2. The van der Waals surface area contributed by atoms with Crippen molar-refractivity contribution in [2.75, 3.05) is 25.0 Å². The minimum atomic E-state index is -0.178. The van der Waals surface area contributed by atoms with Crippen LogP contribution < -0.4 is 14.8 Å². The van der Waals surface area contributed by atoms with E-state index in [1.54, 1.807) is 4.90 Å². The van der Waals surface area contributed by atoms with Gasteiger partial charge in [-0.15, -0.1) is 0 Å². The summed E-state index contributed by atoms with van der Waals surface area (Å²) in [6, 6.07) is 15.2. The van der Waals surface area contributed by atoms with Gasteiger partial charge in [-0.05, 0) is 43.7 Å². The molecule has 5 nitrogen and oxygen atoms in total. The average molecular weight is 326 g/mol. The number of anilines is 1. The van der Waals surface area contributed by atoms with Gasteiger partial charge >= 0.3 is 6.03 Å². The van der Waals surface area contributed by atoms with Crippen molar-refractivity contribution in [3.05, 3.63) is 54.1 Å². The molecule has 0 aliphatic carbocycles. The van der Waals surface area contributed by atoms with Gasteiger partial charge in [-0.1, -0.05) is 24.3 Å². The number of aryl methyl sites for hydroxylation is 1. The van der Waals surface area contributed by atoms with E-state index >= 15 is 0 Å². The largest absolute Gasteiger partial charge is 0.486 e. The van der Waals surface area contributed by atoms with Gasteiger partial charge < -0.3 is 19.7 Å². The molecule has 0 saturated carbocycles. The van der Waals surface area contributed by atoms with Gasteiger partial charge in [-0.25, -0.2) is 4.79 Å². The quantitative estimate of drug-likeness (QED) is 0.932. The van der Waals surface area contributed by atoms with E-state index in [0.29, 0.717) is 19.7 Å². The molecule has 1 aliphatic heterocycles. The number of nitrogens with one attached hydrogen (secondary N) is 1. The predicted molar refractivity (Wildman–Crippen MR) is 93.8 cm³/mol. The highest BCUT2D eigenvalue weighted by atomic mass is 16.6. The van der Waals surface area contributed by atoms with Crippen molar-refractivity contribution in [2.45, 2.75) is 20.0 Å². The normalized spacial score (nSPS) is 15.7. The Morgan fingerprint density at radius 2 is 2.00 bits per heavy atom. The number of hydrogen-bond acceptors (Lipinski definition) is 3. The van der Waals surface area contributed by atoms with E-state index in [9.17, 15) is 4.79 Å². The van der Waals surface area contributed by atoms with E-state index in [4.69, 9.17) is 9.47 Å². The highest BCUT2D eigenvalue weighted by Crippen LogP contribution is 2.31. The van der Waals surface area contributed by atoms with E-state index in [0.717, 1.165) is 22.7 Å². The summed E-state index contributed by atoms with van der Waals surface area (Å²) in [5.41, 5.74) is 1.90. The average Bonchev–Trinajstić information content (AvgIpc) is 2.59. The smallest absolute Gasteiger partial charge is 0.321 e. The summed E-state index contributed by atoms with van der Waals surface area (Å²) in [4.78, 5) is 14.2. The molecule has 1 atom stereocenters. The number of ether oxygens (including phenoxy) is 2. The van der Waals surface area contributed by atoms with E-state index in [1.807, 2.05) is 62.4 Å². The third kappa shape index (κ3) is 3.79. The molecule has 0 spiro atoms. The van der Waals surface area contributed by atoms with Gasteiger partial charge in [-0.2, -0.15) is 0 Å². The van der Waals surface area contributed by atoms with Crippen molar-refractivity contribution in [2.24, 2.45) is 0 Å². The van der Waals surface area contributed by atoms with Crippen LogP contribution >= 0.6 is 0 Å². The first-order chi connectivity index (χ1) is 11.7. The summed E-state index contributed by atoms with van der Waals surface area (Å²) in [6.45, 7) is 5.46. The Hall–Kier alpha value is -2.69. The lowest BCUT2D eigenvalue weighted by Gasteiger charge is -2.31. The molecule has 3 rings (SSSR count). The summed E-state index contributed by atoms with van der Waals surface area (Å²) in [7, 11) is 0. The van der Waals surface area contributed by atoms with Crippen molar-refractivity contribution < 1.29 is 14.3 Å². The van der Waals surface area contributed by atoms with Gasteiger partial charge in [0.25, 0.3) is 0 Å². The molecule has 0 unspecified atom stereocenters. The van der Waals surface area contributed by atoms with Crippen LogP contribution in [-0.2, 0) is 0 Å². The van der Waals surface area contributed by atoms with Crippen LogP contribution in [0.15, 0.2) is 48.5 Å². The molecule has 1 aliphatic rings. The lowest BCUT2D eigenvalue weighted by Crippen LogP contribution is -2.45. The van der Waals surface area contributed by atoms with Crippen LogP contribution in [0.3, 0.4) is 0 Å². The number of hydrogen-bond donors (Lipinski definition) is 1. The SMILES string of the molecule is CCN(C[C@@H]1COc2ccccc2O1)C(=O)Nc1cccc(C)c1. The van der Waals surface area contributed by atoms with Crippen molar-refractivity contribution in [1.29, 1.82) is 0 Å². The topological polar surface area (TPSA) is 50.8 Å². The molecule has 2 amide bonds. The zero-order valence-electron chi connectivity index (χ0n) is 14.0. The number of rotatable bonds is 4. The summed E-state index contributed by atoms with van der Waals surface area (Å²) < 4.78 is 11.6. The first-order valence-electron chi connectivity index (χ1n) is 8.17. The lowest BCUT2D eigenvalue weighted by atomic mass is 10.2. The number of likely N-dealkylation sites (N-methyl/N-ethyl adjacent to an activating group) is 1. The fraction of sp³-hybridized carbons (Fsp3) is 0.316. The molecule has 1 heterocycles. The maximum Gasteiger partial charge on any atom is 0.321 e. The van der Waals surface area contributed by atoms with Gasteiger partial charge in [0.05, 0.1) is 6.54 Å². The highest BCUT2D eigenvalue weighted by molar-refractivity contribution is 5.89. The van der Waals surface area contributed by atoms with Crippen LogP contribution in [0.4, 0.5) is 10.5 Å². The zero-order valence-corrected chi connectivity index (χ0v) is 14.0. The van der Waals surface area contributed by atoms with Gasteiger partial charge in [0.15, 0.2) is 17.6 Å². The summed E-state index contributed by atoms with van der Waals surface area (Å²) in [5, 5.41) is 2.93. The Kier molecular flexibility index (Phi) is 4.89. The van der Waals surface area contributed by atoms with Crippen molar-refractivity contribution in [3.63, 3.8) is 0 Å². The molecule has 24 heavy (non-hydrogen) atoms. The minimum Gasteiger partial charge on any atom is -0.486 e. The first-order valence-corrected chi connectivity index (χ1v) is 8.17. The van der Waals surface area contributed by atoms with Crippen molar-refractivity contribution >= 4 is 11.7 Å². The van der Waals surface area contributed by atoms with Crippen LogP contribution in [0.25, 0.3) is 0 Å². The summed E-state index contributed by atoms with van der Waals surface area (Å²) in [5.74, 6) is 1.48. The van der Waals surface area contributed by atoms with Gasteiger partial charge in [0.1, 0.15) is 6.61 Å². The second kappa shape index (κ2) is 7.25. The molecule has 0 saturated heterocycles. The number of nitrogens with zero attached hydrogens (tertiary/aromatic N) is 1. The molecular weight excluding hydrogens is 304 g/mol. The fourth-order valence-electron chi connectivity index (χ4n) is 2.68. The zero-order chi connectivity index (χ0) is 16.9. The van der Waals surface area contributed by atoms with E-state index in [-0.39, 0.29) is 12.1 Å². The third-order valence-corrected chi connectivity index (χ3v) is 3.93. The lowest BCUT2D eigenvalue weighted by molar-refractivity contribution is 0.0693. The first kappa shape index (κ1) is 16.2. The Labute approximate surface area is 142 Å². The predicted octanol–water partition coefficient (Wildman–Crippen LogP) is 3.69. The van der Waals surface area contributed by atoms with E-state index < -0.39 is 0 Å². The number of carbonyl (C=O) groups is 1. The molecule has 126 valence electrons. The molecule has 1 N–H and O–H groups in total. The molecule has 0 radical (unpaired) electrons. The van der Waals surface area contributed by atoms with Crippen LogP contribution in [-0.4, -0.2) is 36.7 Å². The molecule has 2 aromatic carbocycles. The number of para-hydroxylation sites is 2. The van der Waals surface area contributed by atoms with Crippen LogP contribution in [0.1, 0.15) is 12.5 Å². The van der Waals surface area contributed by atoms with Gasteiger partial charge in [0.2, 0.25) is 0 Å². The van der Waals surface area contributed by atoms with Crippen molar-refractivity contribution in [1.82, 2.24) is 4.90 Å². The second-order valence-electron chi connectivity index (χ2n) is 5.84. The Morgan fingerprint density at radius 1 is 1.21 bits per heavy atom. The van der Waals surface area contributed by atoms with Gasteiger partial charge in [0, 0.05) is 12.2 Å². The monoisotopic (exact) mass is 326 g/mol. The Balaban J connectivity index is 1.61. The Morgan fingerprint density at radius 3 is 2.75 bits per heavy atom. The maximum absolute atomic E-state index is 12.5. The number of fused-ring (bicyclic) bond motifs is 1. The third-order valence-electron chi connectivity index (χ3n) is 3.93. The molecule has 0 aromatic heterocycles. The van der Waals surface area contributed by atoms with Crippen LogP contribution in [0.2, 0.25) is 0 Å². The number of benzene rings is 2. The molecule has 0 bridgehead atoms. The molecule has 0 fully saturated rings. The minimum absolute atomic E-state index is 0.134. The number of urea groups is 1. The summed E-state index contributed by atoms with van der Waals surface area (Å²) >= 11 is 0. The molecule has 2 aromatic rings. The van der Waals surface area contributed by atoms with E-state index in [2.05, 4.69) is 5.32 Å². The Bertz CT molecular complexity index is 717. The van der Waals surface area contributed by atoms with Crippen LogP contribution in [0, 0.1) is 6.92 Å². The summed E-state index contributed by atoms with van der Waals surface area (Å²) in [6.07, 6.45) is -0.178. The molecular formula is C19H22N2O3. The maximum atomic E-state index is 12.5. The van der Waals surface area contributed by atoms with Crippen molar-refractivity contribution in [3.8, 4) is 11.5 Å².